The van der Waals surface area contributed by atoms with Gasteiger partial charge < -0.3 is 9.47 Å². The van der Waals surface area contributed by atoms with E-state index in [1.807, 2.05) is 12.4 Å². The Morgan fingerprint density at radius 1 is 0.926 bits per heavy atom. The SMILES string of the molecule is Cc1ccc2c(c1)c1c(n2-c2cccc(-c3ccncc3)c2)CCN(C)C1. The van der Waals surface area contributed by atoms with E-state index < -0.39 is 0 Å². The van der Waals surface area contributed by atoms with Gasteiger partial charge in [0.2, 0.25) is 0 Å². The number of pyridine rings is 1. The van der Waals surface area contributed by atoms with Crippen LogP contribution in [0, 0.1) is 6.92 Å². The normalized spacial score (nSPS) is 14.4. The van der Waals surface area contributed by atoms with E-state index in [0.29, 0.717) is 0 Å². The van der Waals surface area contributed by atoms with Crippen LogP contribution in [0.25, 0.3) is 27.7 Å². The molecule has 0 unspecified atom stereocenters. The average molecular weight is 353 g/mol. The number of fused-ring (bicyclic) bond motifs is 3. The molecule has 0 N–H and O–H groups in total. The minimum absolute atomic E-state index is 1.02. The minimum Gasteiger partial charge on any atom is -0.313 e. The summed E-state index contributed by atoms with van der Waals surface area (Å²) >= 11 is 0. The van der Waals surface area contributed by atoms with Gasteiger partial charge in [0.25, 0.3) is 0 Å². The number of aromatic nitrogens is 2. The number of benzene rings is 2. The summed E-state index contributed by atoms with van der Waals surface area (Å²) in [6.07, 6.45) is 4.79. The predicted molar refractivity (Wildman–Crippen MR) is 111 cm³/mol. The van der Waals surface area contributed by atoms with E-state index >= 15 is 0 Å². The quantitative estimate of drug-likeness (QED) is 0.506. The van der Waals surface area contributed by atoms with Crippen LogP contribution in [0.15, 0.2) is 67.0 Å². The Morgan fingerprint density at radius 3 is 2.63 bits per heavy atom. The lowest BCUT2D eigenvalue weighted by atomic mass is 10.0. The lowest BCUT2D eigenvalue weighted by Crippen LogP contribution is -2.27. The van der Waals surface area contributed by atoms with Crippen LogP contribution in [0.2, 0.25) is 0 Å². The van der Waals surface area contributed by atoms with Crippen molar-refractivity contribution in [3.63, 3.8) is 0 Å². The lowest BCUT2D eigenvalue weighted by molar-refractivity contribution is 0.311. The molecule has 5 rings (SSSR count). The second-order valence-corrected chi connectivity index (χ2v) is 7.56. The van der Waals surface area contributed by atoms with Crippen LogP contribution in [0.3, 0.4) is 0 Å². The standard InChI is InChI=1S/C24H23N3/c1-17-6-7-23-21(14-17)22-16-26(2)13-10-24(22)27(23)20-5-3-4-19(15-20)18-8-11-25-12-9-18/h3-9,11-12,14-15H,10,13,16H2,1-2H3. The van der Waals surface area contributed by atoms with Crippen molar-refractivity contribution in [3.05, 3.63) is 83.8 Å². The fourth-order valence-corrected chi connectivity index (χ4v) is 4.27. The van der Waals surface area contributed by atoms with Crippen molar-refractivity contribution in [3.8, 4) is 16.8 Å². The summed E-state index contributed by atoms with van der Waals surface area (Å²) < 4.78 is 2.47. The smallest absolute Gasteiger partial charge is 0.0535 e. The van der Waals surface area contributed by atoms with Gasteiger partial charge >= 0.3 is 0 Å². The maximum Gasteiger partial charge on any atom is 0.0535 e. The molecule has 0 saturated heterocycles. The van der Waals surface area contributed by atoms with Crippen molar-refractivity contribution < 1.29 is 0 Å². The van der Waals surface area contributed by atoms with Crippen molar-refractivity contribution in [1.29, 1.82) is 0 Å². The Kier molecular flexibility index (Phi) is 3.83. The fraction of sp³-hybridized carbons (Fsp3) is 0.208. The Morgan fingerprint density at radius 2 is 1.78 bits per heavy atom. The highest BCUT2D eigenvalue weighted by Gasteiger charge is 2.23. The van der Waals surface area contributed by atoms with Gasteiger partial charge in [0.05, 0.1) is 5.52 Å². The third-order valence-electron chi connectivity index (χ3n) is 5.61. The van der Waals surface area contributed by atoms with E-state index in [2.05, 4.69) is 83.0 Å². The van der Waals surface area contributed by atoms with Gasteiger partial charge in [-0.1, -0.05) is 23.8 Å². The Hall–Kier alpha value is -2.91. The summed E-state index contributed by atoms with van der Waals surface area (Å²) in [6.45, 7) is 4.30. The van der Waals surface area contributed by atoms with Gasteiger partial charge in [-0.3, -0.25) is 4.98 Å². The summed E-state index contributed by atoms with van der Waals surface area (Å²) in [7, 11) is 2.21. The van der Waals surface area contributed by atoms with Gasteiger partial charge in [-0.05, 0) is 67.1 Å². The van der Waals surface area contributed by atoms with Gasteiger partial charge in [-0.25, -0.2) is 0 Å². The largest absolute Gasteiger partial charge is 0.313 e. The molecule has 0 bridgehead atoms. The van der Waals surface area contributed by atoms with Crippen molar-refractivity contribution in [2.45, 2.75) is 19.9 Å². The van der Waals surface area contributed by atoms with Gasteiger partial charge in [0, 0.05) is 48.7 Å². The number of likely N-dealkylation sites (N-methyl/N-ethyl adjacent to an activating group) is 1. The first-order valence-corrected chi connectivity index (χ1v) is 9.53. The highest BCUT2D eigenvalue weighted by atomic mass is 15.1. The third kappa shape index (κ3) is 2.75. The number of aryl methyl sites for hydroxylation is 1. The molecular weight excluding hydrogens is 330 g/mol. The first-order valence-electron chi connectivity index (χ1n) is 9.53. The highest BCUT2D eigenvalue weighted by Crippen LogP contribution is 2.34. The van der Waals surface area contributed by atoms with E-state index in [1.165, 1.54) is 44.5 Å². The Balaban J connectivity index is 1.74. The lowest BCUT2D eigenvalue weighted by Gasteiger charge is -2.24. The topological polar surface area (TPSA) is 21.1 Å². The van der Waals surface area contributed by atoms with Crippen LogP contribution in [0.1, 0.15) is 16.8 Å². The third-order valence-corrected chi connectivity index (χ3v) is 5.61. The molecular formula is C24H23N3. The van der Waals surface area contributed by atoms with Gasteiger partial charge in [0.1, 0.15) is 0 Å². The van der Waals surface area contributed by atoms with E-state index in [0.717, 1.165) is 19.5 Å². The van der Waals surface area contributed by atoms with Crippen LogP contribution in [0.4, 0.5) is 0 Å². The predicted octanol–water partition coefficient (Wildman–Crippen LogP) is 4.99. The van der Waals surface area contributed by atoms with Crippen LogP contribution in [-0.2, 0) is 13.0 Å². The molecule has 27 heavy (non-hydrogen) atoms. The highest BCUT2D eigenvalue weighted by molar-refractivity contribution is 5.88. The second-order valence-electron chi connectivity index (χ2n) is 7.56. The molecule has 3 nitrogen and oxygen atoms in total. The zero-order valence-electron chi connectivity index (χ0n) is 15.8. The van der Waals surface area contributed by atoms with Crippen molar-refractivity contribution >= 4 is 10.9 Å². The summed E-state index contributed by atoms with van der Waals surface area (Å²) in [4.78, 5) is 6.57. The number of nitrogens with zero attached hydrogens (tertiary/aromatic N) is 3. The molecule has 0 amide bonds. The zero-order chi connectivity index (χ0) is 18.4. The molecule has 2 aromatic carbocycles. The second kappa shape index (κ2) is 6.36. The maximum atomic E-state index is 4.15. The zero-order valence-corrected chi connectivity index (χ0v) is 15.8. The molecule has 4 aromatic rings. The van der Waals surface area contributed by atoms with Crippen molar-refractivity contribution in [1.82, 2.24) is 14.5 Å². The maximum absolute atomic E-state index is 4.15. The van der Waals surface area contributed by atoms with Crippen LogP contribution in [-0.4, -0.2) is 28.0 Å². The summed E-state index contributed by atoms with van der Waals surface area (Å²) in [5.41, 5.74) is 9.24. The molecule has 0 spiro atoms. The molecule has 0 radical (unpaired) electrons. The molecule has 0 aliphatic carbocycles. The van der Waals surface area contributed by atoms with Gasteiger partial charge in [0.15, 0.2) is 0 Å². The molecule has 0 fully saturated rings. The number of rotatable bonds is 2. The average Bonchev–Trinajstić information content (AvgIpc) is 3.02. The van der Waals surface area contributed by atoms with E-state index in [-0.39, 0.29) is 0 Å². The Bertz CT molecular complexity index is 1130. The fourth-order valence-electron chi connectivity index (χ4n) is 4.27. The van der Waals surface area contributed by atoms with Crippen LogP contribution < -0.4 is 0 Å². The molecule has 3 heterocycles. The van der Waals surface area contributed by atoms with Crippen molar-refractivity contribution in [2.24, 2.45) is 0 Å². The molecule has 1 aliphatic rings. The summed E-state index contributed by atoms with van der Waals surface area (Å²) in [5.74, 6) is 0. The summed E-state index contributed by atoms with van der Waals surface area (Å²) in [5, 5.41) is 1.39. The molecule has 0 atom stereocenters. The first kappa shape index (κ1) is 16.3. The van der Waals surface area contributed by atoms with Crippen LogP contribution in [0.5, 0.6) is 0 Å². The minimum atomic E-state index is 1.02. The molecule has 2 aromatic heterocycles. The van der Waals surface area contributed by atoms with E-state index in [9.17, 15) is 0 Å². The number of hydrogen-bond acceptors (Lipinski definition) is 2. The first-order chi connectivity index (χ1) is 13.2. The molecule has 0 saturated carbocycles. The monoisotopic (exact) mass is 353 g/mol. The van der Waals surface area contributed by atoms with Crippen molar-refractivity contribution in [2.75, 3.05) is 13.6 Å². The summed E-state index contributed by atoms with van der Waals surface area (Å²) in [6, 6.07) is 19.8. The number of hydrogen-bond donors (Lipinski definition) is 0. The van der Waals surface area contributed by atoms with Crippen LogP contribution >= 0.6 is 0 Å². The molecule has 3 heteroatoms. The van der Waals surface area contributed by atoms with E-state index in [4.69, 9.17) is 0 Å². The van der Waals surface area contributed by atoms with Gasteiger partial charge in [-0.2, -0.15) is 0 Å². The Labute approximate surface area is 159 Å². The molecule has 134 valence electrons. The van der Waals surface area contributed by atoms with Gasteiger partial charge in [-0.15, -0.1) is 0 Å². The van der Waals surface area contributed by atoms with E-state index in [1.54, 1.807) is 0 Å². The molecule has 1 aliphatic heterocycles.